The largest absolute Gasteiger partial charge is 0.486 e. The molecule has 0 atom stereocenters. The number of thioether (sulfide) groups is 1. The molecule has 0 radical (unpaired) electrons. The number of aryl methyl sites for hydroxylation is 1. The van der Waals surface area contributed by atoms with Crippen molar-refractivity contribution in [3.63, 3.8) is 0 Å². The molecule has 5 heteroatoms. The van der Waals surface area contributed by atoms with Crippen LogP contribution < -0.4 is 14.8 Å². The van der Waals surface area contributed by atoms with Crippen molar-refractivity contribution in [2.75, 3.05) is 24.3 Å². The molecule has 3 rings (SSSR count). The zero-order valence-electron chi connectivity index (χ0n) is 12.3. The number of fused-ring (bicyclic) bond motifs is 1. The first kappa shape index (κ1) is 14.8. The first-order chi connectivity index (χ1) is 10.7. The number of ether oxygens (including phenoxy) is 2. The quantitative estimate of drug-likeness (QED) is 0.877. The lowest BCUT2D eigenvalue weighted by molar-refractivity contribution is -0.113. The van der Waals surface area contributed by atoms with Gasteiger partial charge in [0.15, 0.2) is 11.5 Å². The third-order valence-corrected chi connectivity index (χ3v) is 4.21. The van der Waals surface area contributed by atoms with Gasteiger partial charge in [-0.2, -0.15) is 0 Å². The van der Waals surface area contributed by atoms with Crippen LogP contribution in [0.25, 0.3) is 0 Å². The number of anilines is 1. The van der Waals surface area contributed by atoms with Crippen LogP contribution in [0.2, 0.25) is 0 Å². The highest BCUT2D eigenvalue weighted by Crippen LogP contribution is 2.34. The zero-order chi connectivity index (χ0) is 15.4. The van der Waals surface area contributed by atoms with Crippen LogP contribution in [0.15, 0.2) is 47.4 Å². The van der Waals surface area contributed by atoms with E-state index in [1.807, 2.05) is 49.4 Å². The molecule has 0 aromatic heterocycles. The number of benzene rings is 2. The number of hydrogen-bond donors (Lipinski definition) is 1. The second kappa shape index (κ2) is 6.75. The Kier molecular flexibility index (Phi) is 4.53. The van der Waals surface area contributed by atoms with E-state index in [9.17, 15) is 4.79 Å². The number of amides is 1. The number of hydrogen-bond acceptors (Lipinski definition) is 4. The molecule has 114 valence electrons. The van der Waals surface area contributed by atoms with Gasteiger partial charge >= 0.3 is 0 Å². The Morgan fingerprint density at radius 3 is 2.59 bits per heavy atom. The molecule has 0 saturated heterocycles. The topological polar surface area (TPSA) is 47.6 Å². The fourth-order valence-electron chi connectivity index (χ4n) is 2.10. The van der Waals surface area contributed by atoms with Gasteiger partial charge in [0.1, 0.15) is 13.2 Å². The summed E-state index contributed by atoms with van der Waals surface area (Å²) >= 11 is 1.48. The maximum absolute atomic E-state index is 12.0. The molecule has 1 aliphatic rings. The van der Waals surface area contributed by atoms with Gasteiger partial charge in [-0.25, -0.2) is 0 Å². The predicted octanol–water partition coefficient (Wildman–Crippen LogP) is 3.50. The Balaban J connectivity index is 1.55. The molecule has 2 aromatic rings. The van der Waals surface area contributed by atoms with Crippen molar-refractivity contribution in [1.29, 1.82) is 0 Å². The lowest BCUT2D eigenvalue weighted by atomic mass is 10.2. The maximum atomic E-state index is 12.0. The summed E-state index contributed by atoms with van der Waals surface area (Å²) in [5.41, 5.74) is 1.99. The number of rotatable bonds is 4. The third-order valence-electron chi connectivity index (χ3n) is 3.22. The van der Waals surface area contributed by atoms with Gasteiger partial charge in [-0.3, -0.25) is 4.79 Å². The van der Waals surface area contributed by atoms with Gasteiger partial charge in [-0.1, -0.05) is 17.7 Å². The Bertz CT molecular complexity index is 670. The van der Waals surface area contributed by atoms with Crippen LogP contribution in [0.5, 0.6) is 11.5 Å². The summed E-state index contributed by atoms with van der Waals surface area (Å²) in [4.78, 5) is 13.0. The Labute approximate surface area is 133 Å². The normalized spacial score (nSPS) is 12.8. The average Bonchev–Trinajstić information content (AvgIpc) is 2.55. The molecule has 0 aliphatic carbocycles. The molecular weight excluding hydrogens is 298 g/mol. The van der Waals surface area contributed by atoms with E-state index in [1.54, 1.807) is 0 Å². The monoisotopic (exact) mass is 315 g/mol. The van der Waals surface area contributed by atoms with Crippen LogP contribution in [-0.2, 0) is 4.79 Å². The SMILES string of the molecule is Cc1ccc(NC(=O)CSc2ccc3c(c2)OCCO3)cc1. The second-order valence-electron chi connectivity index (χ2n) is 5.01. The zero-order valence-corrected chi connectivity index (χ0v) is 13.1. The number of carbonyl (C=O) groups is 1. The Hall–Kier alpha value is -2.14. The van der Waals surface area contributed by atoms with Crippen molar-refractivity contribution in [2.45, 2.75) is 11.8 Å². The molecule has 0 unspecified atom stereocenters. The molecule has 1 amide bonds. The van der Waals surface area contributed by atoms with Crippen molar-refractivity contribution in [1.82, 2.24) is 0 Å². The van der Waals surface area contributed by atoms with E-state index in [0.717, 1.165) is 22.1 Å². The minimum atomic E-state index is -0.0243. The van der Waals surface area contributed by atoms with E-state index >= 15 is 0 Å². The van der Waals surface area contributed by atoms with Crippen molar-refractivity contribution in [3.05, 3.63) is 48.0 Å². The molecule has 1 heterocycles. The summed E-state index contributed by atoms with van der Waals surface area (Å²) in [6.07, 6.45) is 0. The van der Waals surface area contributed by atoms with E-state index in [2.05, 4.69) is 5.32 Å². The van der Waals surface area contributed by atoms with Crippen molar-refractivity contribution < 1.29 is 14.3 Å². The predicted molar refractivity (Wildman–Crippen MR) is 88.0 cm³/mol. The highest BCUT2D eigenvalue weighted by atomic mass is 32.2. The van der Waals surface area contributed by atoms with Crippen LogP contribution in [-0.4, -0.2) is 24.9 Å². The fourth-order valence-corrected chi connectivity index (χ4v) is 2.82. The summed E-state index contributed by atoms with van der Waals surface area (Å²) in [5, 5.41) is 2.89. The lowest BCUT2D eigenvalue weighted by Gasteiger charge is -2.18. The first-order valence-electron chi connectivity index (χ1n) is 7.10. The van der Waals surface area contributed by atoms with E-state index in [-0.39, 0.29) is 5.91 Å². The number of carbonyl (C=O) groups excluding carboxylic acids is 1. The lowest BCUT2D eigenvalue weighted by Crippen LogP contribution is -2.15. The van der Waals surface area contributed by atoms with Crippen LogP contribution >= 0.6 is 11.8 Å². The molecule has 0 fully saturated rings. The molecule has 22 heavy (non-hydrogen) atoms. The summed E-state index contributed by atoms with van der Waals surface area (Å²) in [7, 11) is 0. The summed E-state index contributed by atoms with van der Waals surface area (Å²) in [6.45, 7) is 3.16. The second-order valence-corrected chi connectivity index (χ2v) is 6.06. The first-order valence-corrected chi connectivity index (χ1v) is 8.08. The highest BCUT2D eigenvalue weighted by Gasteiger charge is 2.12. The van der Waals surface area contributed by atoms with Gasteiger partial charge in [0.05, 0.1) is 5.75 Å². The van der Waals surface area contributed by atoms with Crippen molar-refractivity contribution >= 4 is 23.4 Å². The fraction of sp³-hybridized carbons (Fsp3) is 0.235. The minimum Gasteiger partial charge on any atom is -0.486 e. The molecule has 0 bridgehead atoms. The number of nitrogens with one attached hydrogen (secondary N) is 1. The van der Waals surface area contributed by atoms with Crippen LogP contribution in [0.4, 0.5) is 5.69 Å². The van der Waals surface area contributed by atoms with Crippen LogP contribution in [0.1, 0.15) is 5.56 Å². The minimum absolute atomic E-state index is 0.0243. The average molecular weight is 315 g/mol. The molecule has 0 saturated carbocycles. The van der Waals surface area contributed by atoms with Gasteiger partial charge in [-0.05, 0) is 37.3 Å². The van der Waals surface area contributed by atoms with Gasteiger partial charge < -0.3 is 14.8 Å². The maximum Gasteiger partial charge on any atom is 0.234 e. The summed E-state index contributed by atoms with van der Waals surface area (Å²) in [5.74, 6) is 1.84. The van der Waals surface area contributed by atoms with Crippen molar-refractivity contribution in [2.24, 2.45) is 0 Å². The molecule has 4 nitrogen and oxygen atoms in total. The van der Waals surface area contributed by atoms with Gasteiger partial charge in [0, 0.05) is 10.6 Å². The molecule has 1 N–H and O–H groups in total. The standard InChI is InChI=1S/C17H17NO3S/c1-12-2-4-13(5-3-12)18-17(19)11-22-14-6-7-15-16(10-14)21-9-8-20-15/h2-7,10H,8-9,11H2,1H3,(H,18,19). The van der Waals surface area contributed by atoms with E-state index in [0.29, 0.717) is 19.0 Å². The summed E-state index contributed by atoms with van der Waals surface area (Å²) in [6, 6.07) is 13.5. The smallest absolute Gasteiger partial charge is 0.234 e. The molecule has 0 spiro atoms. The van der Waals surface area contributed by atoms with E-state index < -0.39 is 0 Å². The molecular formula is C17H17NO3S. The van der Waals surface area contributed by atoms with Crippen LogP contribution in [0.3, 0.4) is 0 Å². The van der Waals surface area contributed by atoms with Gasteiger partial charge in [-0.15, -0.1) is 11.8 Å². The van der Waals surface area contributed by atoms with Crippen molar-refractivity contribution in [3.8, 4) is 11.5 Å². The van der Waals surface area contributed by atoms with Gasteiger partial charge in [0.25, 0.3) is 0 Å². The Morgan fingerprint density at radius 2 is 1.82 bits per heavy atom. The molecule has 1 aliphatic heterocycles. The summed E-state index contributed by atoms with van der Waals surface area (Å²) < 4.78 is 11.0. The van der Waals surface area contributed by atoms with Gasteiger partial charge in [0.2, 0.25) is 5.91 Å². The Morgan fingerprint density at radius 1 is 1.09 bits per heavy atom. The van der Waals surface area contributed by atoms with Crippen LogP contribution in [0, 0.1) is 6.92 Å². The van der Waals surface area contributed by atoms with E-state index in [4.69, 9.17) is 9.47 Å². The third kappa shape index (κ3) is 3.74. The van der Waals surface area contributed by atoms with E-state index in [1.165, 1.54) is 17.3 Å². The highest BCUT2D eigenvalue weighted by molar-refractivity contribution is 8.00. The molecule has 2 aromatic carbocycles.